The maximum Gasteiger partial charge on any atom is 0.168 e. The Morgan fingerprint density at radius 2 is 0.882 bits per heavy atom. The van der Waals surface area contributed by atoms with E-state index in [-0.39, 0.29) is 34.0 Å². The van der Waals surface area contributed by atoms with Crippen LogP contribution < -0.4 is 43.1 Å². The molecule has 0 aliphatic carbocycles. The van der Waals surface area contributed by atoms with E-state index in [2.05, 4.69) is 58.2 Å². The van der Waals surface area contributed by atoms with E-state index in [4.69, 9.17) is 0 Å². The van der Waals surface area contributed by atoms with E-state index in [0.717, 1.165) is 19.5 Å². The van der Waals surface area contributed by atoms with Crippen LogP contribution in [0.15, 0.2) is 61.2 Å². The van der Waals surface area contributed by atoms with Gasteiger partial charge < -0.3 is 34.0 Å². The lowest BCUT2D eigenvalue weighted by Gasteiger charge is -1.95. The Hall–Kier alpha value is -0.740. The first-order valence-electron chi connectivity index (χ1n) is 5.33. The molecule has 0 aromatic carbocycles. The zero-order valence-electron chi connectivity index (χ0n) is 9.55. The average Bonchev–Trinajstić information content (AvgIpc) is 2.32. The predicted molar refractivity (Wildman–Crippen MR) is 57.9 cm³/mol. The molecule has 4 heteroatoms. The summed E-state index contributed by atoms with van der Waals surface area (Å²) in [4.78, 5) is 0. The van der Waals surface area contributed by atoms with Crippen molar-refractivity contribution in [3.63, 3.8) is 0 Å². The molecule has 0 amide bonds. The third-order valence-corrected chi connectivity index (χ3v) is 2.39. The van der Waals surface area contributed by atoms with Crippen LogP contribution >= 0.6 is 0 Å². The van der Waals surface area contributed by atoms with E-state index >= 15 is 0 Å². The normalized spacial score (nSPS) is 8.94. The molecule has 0 atom stereocenters. The van der Waals surface area contributed by atoms with Gasteiger partial charge in [0.1, 0.15) is 0 Å². The molecule has 0 aliphatic rings. The third kappa shape index (κ3) is 5.94. The zero-order valence-corrected chi connectivity index (χ0v) is 12.7. The molecule has 0 bridgehead atoms. The van der Waals surface area contributed by atoms with Gasteiger partial charge in [0.25, 0.3) is 0 Å². The topological polar surface area (TPSA) is 7.76 Å². The highest BCUT2D eigenvalue weighted by molar-refractivity contribution is 4.84. The minimum Gasteiger partial charge on any atom is -1.00 e. The molecule has 92 valence electrons. The van der Waals surface area contributed by atoms with Crippen LogP contribution in [0.25, 0.3) is 0 Å². The highest BCUT2D eigenvalue weighted by Crippen LogP contribution is 1.84. The second kappa shape index (κ2) is 9.31. The van der Waals surface area contributed by atoms with Crippen LogP contribution in [0, 0.1) is 0 Å². The van der Waals surface area contributed by atoms with E-state index in [1.54, 1.807) is 0 Å². The summed E-state index contributed by atoms with van der Waals surface area (Å²) in [6.45, 7) is 2.14. The van der Waals surface area contributed by atoms with Crippen molar-refractivity contribution in [1.82, 2.24) is 0 Å². The molecule has 0 fully saturated rings. The van der Waals surface area contributed by atoms with Gasteiger partial charge >= 0.3 is 0 Å². The quantitative estimate of drug-likeness (QED) is 0.485. The summed E-state index contributed by atoms with van der Waals surface area (Å²) in [5, 5.41) is 0. The lowest BCUT2D eigenvalue weighted by atomic mass is 10.3. The van der Waals surface area contributed by atoms with Gasteiger partial charge in [0, 0.05) is 24.3 Å². The number of pyridine rings is 2. The summed E-state index contributed by atoms with van der Waals surface area (Å²) in [7, 11) is 0. The Labute approximate surface area is 123 Å². The summed E-state index contributed by atoms with van der Waals surface area (Å²) in [5.74, 6) is 0. The van der Waals surface area contributed by atoms with Gasteiger partial charge in [-0.3, -0.25) is 0 Å². The smallest absolute Gasteiger partial charge is 0.168 e. The fraction of sp³-hybridized carbons (Fsp3) is 0.231. The zero-order chi connectivity index (χ0) is 10.3. The number of halogens is 2. The summed E-state index contributed by atoms with van der Waals surface area (Å²) >= 11 is 0. The monoisotopic (exact) mass is 358 g/mol. The Morgan fingerprint density at radius 3 is 1.24 bits per heavy atom. The molecule has 0 saturated carbocycles. The summed E-state index contributed by atoms with van der Waals surface area (Å²) in [5.41, 5.74) is 0. The van der Waals surface area contributed by atoms with Gasteiger partial charge in [0.05, 0.1) is 6.42 Å². The number of rotatable bonds is 4. The largest absolute Gasteiger partial charge is 1.00 e. The van der Waals surface area contributed by atoms with Gasteiger partial charge in [-0.2, -0.15) is 0 Å². The lowest BCUT2D eigenvalue weighted by Crippen LogP contribution is -3.00. The summed E-state index contributed by atoms with van der Waals surface area (Å²) < 4.78 is 4.42. The Morgan fingerprint density at radius 1 is 0.529 bits per heavy atom. The highest BCUT2D eigenvalue weighted by atomic mass is 79.9. The molecule has 0 spiro atoms. The second-order valence-electron chi connectivity index (χ2n) is 3.58. The van der Waals surface area contributed by atoms with Crippen LogP contribution in [-0.4, -0.2) is 0 Å². The molecule has 0 aliphatic heterocycles. The van der Waals surface area contributed by atoms with Crippen molar-refractivity contribution in [1.29, 1.82) is 0 Å². The first kappa shape index (κ1) is 16.3. The van der Waals surface area contributed by atoms with Gasteiger partial charge in [-0.15, -0.1) is 0 Å². The molecular formula is C13H16Br2N2. The third-order valence-electron chi connectivity index (χ3n) is 2.39. The van der Waals surface area contributed by atoms with Crippen molar-refractivity contribution in [2.75, 3.05) is 0 Å². The second-order valence-corrected chi connectivity index (χ2v) is 3.58. The van der Waals surface area contributed by atoms with Crippen LogP contribution in [-0.2, 0) is 13.1 Å². The SMILES string of the molecule is [Br-].[Br-].c1cc[n+](CCC[n+]2ccccc2)cc1. The first-order chi connectivity index (χ1) is 7.45. The average molecular weight is 360 g/mol. The Kier molecular flexibility index (Phi) is 8.90. The Balaban J connectivity index is 0.00000128. The molecule has 0 radical (unpaired) electrons. The number of hydrogen-bond acceptors (Lipinski definition) is 0. The fourth-order valence-corrected chi connectivity index (χ4v) is 1.60. The van der Waals surface area contributed by atoms with Crippen molar-refractivity contribution in [3.8, 4) is 0 Å². The van der Waals surface area contributed by atoms with Crippen molar-refractivity contribution in [3.05, 3.63) is 61.2 Å². The van der Waals surface area contributed by atoms with Crippen molar-refractivity contribution in [2.45, 2.75) is 19.5 Å². The van der Waals surface area contributed by atoms with E-state index in [9.17, 15) is 0 Å². The van der Waals surface area contributed by atoms with Crippen LogP contribution in [0.2, 0.25) is 0 Å². The van der Waals surface area contributed by atoms with E-state index in [1.165, 1.54) is 0 Å². The van der Waals surface area contributed by atoms with Gasteiger partial charge in [-0.25, -0.2) is 9.13 Å². The number of hydrogen-bond donors (Lipinski definition) is 0. The standard InChI is InChI=1S/C13H16N2.2BrH/c1-3-8-14(9-4-1)12-7-13-15-10-5-2-6-11-15;;/h1-6,8-11H,7,12-13H2;2*1H/q+2;;/p-2. The molecule has 2 heterocycles. The van der Waals surface area contributed by atoms with Gasteiger partial charge in [0.15, 0.2) is 37.9 Å². The molecular weight excluding hydrogens is 344 g/mol. The first-order valence-corrected chi connectivity index (χ1v) is 5.33. The maximum absolute atomic E-state index is 2.21. The summed E-state index contributed by atoms with van der Waals surface area (Å²) in [6, 6.07) is 12.3. The lowest BCUT2D eigenvalue weighted by molar-refractivity contribution is -0.726. The molecule has 17 heavy (non-hydrogen) atoms. The van der Waals surface area contributed by atoms with Gasteiger partial charge in [0.2, 0.25) is 0 Å². The van der Waals surface area contributed by atoms with Gasteiger partial charge in [-0.1, -0.05) is 12.1 Å². The molecule has 2 rings (SSSR count). The minimum atomic E-state index is 0. The predicted octanol–water partition coefficient (Wildman–Crippen LogP) is -4.64. The highest BCUT2D eigenvalue weighted by Gasteiger charge is 2.01. The van der Waals surface area contributed by atoms with Crippen LogP contribution in [0.5, 0.6) is 0 Å². The fourth-order valence-electron chi connectivity index (χ4n) is 1.60. The van der Waals surface area contributed by atoms with Crippen LogP contribution in [0.1, 0.15) is 6.42 Å². The number of nitrogens with zero attached hydrogens (tertiary/aromatic N) is 2. The molecule has 0 N–H and O–H groups in total. The van der Waals surface area contributed by atoms with Crippen LogP contribution in [0.4, 0.5) is 0 Å². The van der Waals surface area contributed by atoms with Crippen molar-refractivity contribution < 1.29 is 43.1 Å². The van der Waals surface area contributed by atoms with Crippen LogP contribution in [0.3, 0.4) is 0 Å². The van der Waals surface area contributed by atoms with Crippen molar-refractivity contribution >= 4 is 0 Å². The Bertz CT molecular complexity index is 353. The number of aryl methyl sites for hydroxylation is 2. The van der Waals surface area contributed by atoms with E-state index < -0.39 is 0 Å². The minimum absolute atomic E-state index is 0. The van der Waals surface area contributed by atoms with Crippen molar-refractivity contribution in [2.24, 2.45) is 0 Å². The van der Waals surface area contributed by atoms with E-state index in [0.29, 0.717) is 0 Å². The molecule has 0 saturated heterocycles. The number of aromatic nitrogens is 2. The van der Waals surface area contributed by atoms with Gasteiger partial charge in [-0.05, 0) is 0 Å². The molecule has 2 aromatic heterocycles. The molecule has 0 unspecified atom stereocenters. The summed E-state index contributed by atoms with van der Waals surface area (Å²) in [6.07, 6.45) is 9.58. The molecule has 2 aromatic rings. The van der Waals surface area contributed by atoms with E-state index in [1.807, 2.05) is 12.1 Å². The molecule has 2 nitrogen and oxygen atoms in total. The maximum atomic E-state index is 2.21.